The van der Waals surface area contributed by atoms with E-state index in [1.54, 1.807) is 0 Å². The third-order valence-electron chi connectivity index (χ3n) is 6.82. The fraction of sp³-hybridized carbons (Fsp3) is 0.571. The minimum Gasteiger partial charge on any atom is -0.337 e. The normalized spacial score (nSPS) is 31.2. The zero-order valence-corrected chi connectivity index (χ0v) is 16.1. The number of aromatic nitrogens is 3. The van der Waals surface area contributed by atoms with Crippen LogP contribution in [0, 0.1) is 18.7 Å². The number of amides is 1. The third-order valence-corrected chi connectivity index (χ3v) is 6.82. The highest BCUT2D eigenvalue weighted by Gasteiger charge is 2.54. The van der Waals surface area contributed by atoms with Crippen LogP contribution < -0.4 is 0 Å². The molecule has 1 amide bonds. The van der Waals surface area contributed by atoms with Crippen LogP contribution in [0.15, 0.2) is 24.3 Å². The molecule has 0 aliphatic carbocycles. The molecule has 5 heterocycles. The van der Waals surface area contributed by atoms with Gasteiger partial charge in [-0.1, -0.05) is 12.1 Å². The molecule has 2 bridgehead atoms. The van der Waals surface area contributed by atoms with Gasteiger partial charge in [0.25, 0.3) is 0 Å². The van der Waals surface area contributed by atoms with Crippen molar-refractivity contribution in [2.45, 2.75) is 50.6 Å². The SMILES string of the molecule is Cc1nc(CCC(=O)N2C[C@@H](c3ccc(F)cc3)[C@@H]3[C@H]2C2CCN3CC2)n[nH]1. The second kappa shape index (κ2) is 6.95. The summed E-state index contributed by atoms with van der Waals surface area (Å²) in [5.74, 6) is 2.29. The fourth-order valence-corrected chi connectivity index (χ4v) is 5.57. The van der Waals surface area contributed by atoms with Gasteiger partial charge in [0.1, 0.15) is 11.6 Å². The molecule has 1 N–H and O–H groups in total. The van der Waals surface area contributed by atoms with Crippen LogP contribution in [0.5, 0.6) is 0 Å². The number of nitrogens with zero attached hydrogens (tertiary/aromatic N) is 4. The van der Waals surface area contributed by atoms with E-state index in [1.165, 1.54) is 25.0 Å². The van der Waals surface area contributed by atoms with Crippen LogP contribution >= 0.6 is 0 Å². The number of rotatable bonds is 4. The van der Waals surface area contributed by atoms with Gasteiger partial charge in [-0.15, -0.1) is 0 Å². The number of carbonyl (C=O) groups excluding carboxylic acids is 1. The Kier molecular flexibility index (Phi) is 4.42. The maximum Gasteiger partial charge on any atom is 0.223 e. The summed E-state index contributed by atoms with van der Waals surface area (Å²) in [6, 6.07) is 7.50. The van der Waals surface area contributed by atoms with Crippen LogP contribution in [0.1, 0.15) is 42.4 Å². The third kappa shape index (κ3) is 3.02. The summed E-state index contributed by atoms with van der Waals surface area (Å²) in [6.45, 7) is 4.81. The minimum absolute atomic E-state index is 0.191. The molecular weight excluding hydrogens is 357 g/mol. The smallest absolute Gasteiger partial charge is 0.223 e. The maximum absolute atomic E-state index is 13.4. The van der Waals surface area contributed by atoms with Crippen molar-refractivity contribution in [3.63, 3.8) is 0 Å². The molecule has 0 saturated carbocycles. The predicted molar refractivity (Wildman–Crippen MR) is 102 cm³/mol. The Morgan fingerprint density at radius 2 is 1.96 bits per heavy atom. The van der Waals surface area contributed by atoms with E-state index in [2.05, 4.69) is 25.0 Å². The van der Waals surface area contributed by atoms with Crippen LogP contribution in [0.2, 0.25) is 0 Å². The molecule has 7 heteroatoms. The molecule has 4 aliphatic heterocycles. The van der Waals surface area contributed by atoms with Crippen molar-refractivity contribution in [1.82, 2.24) is 25.0 Å². The summed E-state index contributed by atoms with van der Waals surface area (Å²) in [5, 5.41) is 6.99. The van der Waals surface area contributed by atoms with Gasteiger partial charge in [-0.05, 0) is 56.5 Å². The number of aromatic amines is 1. The molecular formula is C21H26FN5O. The number of H-pyrrole nitrogens is 1. The van der Waals surface area contributed by atoms with E-state index >= 15 is 0 Å². The minimum atomic E-state index is -0.210. The molecule has 2 aromatic rings. The first-order chi connectivity index (χ1) is 13.6. The van der Waals surface area contributed by atoms with Gasteiger partial charge in [0.2, 0.25) is 5.91 Å². The lowest BCUT2D eigenvalue weighted by molar-refractivity contribution is -0.136. The molecule has 0 radical (unpaired) electrons. The van der Waals surface area contributed by atoms with Gasteiger partial charge in [0.15, 0.2) is 5.82 Å². The summed E-state index contributed by atoms with van der Waals surface area (Å²) in [6.07, 6.45) is 3.33. The van der Waals surface area contributed by atoms with Crippen LogP contribution in [-0.4, -0.2) is 62.6 Å². The predicted octanol–water partition coefficient (Wildman–Crippen LogP) is 2.27. The van der Waals surface area contributed by atoms with Crippen LogP contribution in [0.25, 0.3) is 0 Å². The number of fused-ring (bicyclic) bond motifs is 2. The molecule has 3 atom stereocenters. The van der Waals surface area contributed by atoms with Crippen molar-refractivity contribution in [2.24, 2.45) is 5.92 Å². The molecule has 4 fully saturated rings. The van der Waals surface area contributed by atoms with E-state index in [0.717, 1.165) is 31.0 Å². The number of halogens is 1. The molecule has 148 valence electrons. The Labute approximate surface area is 164 Å². The number of aryl methyl sites for hydroxylation is 2. The lowest BCUT2D eigenvalue weighted by atomic mass is 9.75. The molecule has 1 aromatic heterocycles. The number of carbonyl (C=O) groups is 1. The number of likely N-dealkylation sites (tertiary alicyclic amines) is 1. The molecule has 4 aliphatic rings. The summed E-state index contributed by atoms with van der Waals surface area (Å²) in [7, 11) is 0. The van der Waals surface area contributed by atoms with Gasteiger partial charge in [-0.3, -0.25) is 14.8 Å². The Bertz CT molecular complexity index is 858. The van der Waals surface area contributed by atoms with Gasteiger partial charge < -0.3 is 4.90 Å². The van der Waals surface area contributed by atoms with Crippen molar-refractivity contribution < 1.29 is 9.18 Å². The van der Waals surface area contributed by atoms with E-state index in [4.69, 9.17) is 0 Å². The fourth-order valence-electron chi connectivity index (χ4n) is 5.57. The number of hydrogen-bond acceptors (Lipinski definition) is 4. The van der Waals surface area contributed by atoms with Crippen LogP contribution in [0.4, 0.5) is 4.39 Å². The standard InChI is InChI=1S/C21H26FN5O/c1-13-23-18(25-24-13)6-7-19(28)27-12-17(14-2-4-16(22)5-3-14)21-20(27)15-8-10-26(21)11-9-15/h2-5,15,17,20-21H,6-12H2,1H3,(H,23,24,25)/t17-,20+,21+/m0/s1. The molecule has 6 nitrogen and oxygen atoms in total. The maximum atomic E-state index is 13.4. The second-order valence-electron chi connectivity index (χ2n) is 8.40. The van der Waals surface area contributed by atoms with Gasteiger partial charge >= 0.3 is 0 Å². The average Bonchev–Trinajstić information content (AvgIpc) is 3.33. The number of piperidine rings is 3. The molecule has 28 heavy (non-hydrogen) atoms. The van der Waals surface area contributed by atoms with Crippen molar-refractivity contribution in [3.05, 3.63) is 47.3 Å². The average molecular weight is 383 g/mol. The van der Waals surface area contributed by atoms with Crippen LogP contribution in [0.3, 0.4) is 0 Å². The highest BCUT2D eigenvalue weighted by Crippen LogP contribution is 2.46. The molecule has 0 spiro atoms. The number of hydrogen-bond donors (Lipinski definition) is 1. The summed E-state index contributed by atoms with van der Waals surface area (Å²) in [5.41, 5.74) is 1.14. The van der Waals surface area contributed by atoms with E-state index in [-0.39, 0.29) is 23.7 Å². The molecule has 6 rings (SSSR count). The van der Waals surface area contributed by atoms with Gasteiger partial charge in [-0.25, -0.2) is 9.37 Å². The van der Waals surface area contributed by atoms with Crippen molar-refractivity contribution in [1.29, 1.82) is 0 Å². The largest absolute Gasteiger partial charge is 0.337 e. The zero-order valence-electron chi connectivity index (χ0n) is 16.1. The second-order valence-corrected chi connectivity index (χ2v) is 8.40. The van der Waals surface area contributed by atoms with Gasteiger partial charge in [-0.2, -0.15) is 5.10 Å². The topological polar surface area (TPSA) is 65.1 Å². The first-order valence-electron chi connectivity index (χ1n) is 10.3. The Morgan fingerprint density at radius 1 is 1.21 bits per heavy atom. The van der Waals surface area contributed by atoms with Crippen molar-refractivity contribution in [2.75, 3.05) is 19.6 Å². The summed E-state index contributed by atoms with van der Waals surface area (Å²) in [4.78, 5) is 22.2. The first-order valence-corrected chi connectivity index (χ1v) is 10.3. The quantitative estimate of drug-likeness (QED) is 0.880. The highest BCUT2D eigenvalue weighted by molar-refractivity contribution is 5.77. The van der Waals surface area contributed by atoms with Crippen LogP contribution in [-0.2, 0) is 11.2 Å². The van der Waals surface area contributed by atoms with E-state index < -0.39 is 0 Å². The number of benzene rings is 1. The highest BCUT2D eigenvalue weighted by atomic mass is 19.1. The lowest BCUT2D eigenvalue weighted by Crippen LogP contribution is -2.60. The van der Waals surface area contributed by atoms with E-state index in [0.29, 0.717) is 30.6 Å². The van der Waals surface area contributed by atoms with Crippen molar-refractivity contribution in [3.8, 4) is 0 Å². The van der Waals surface area contributed by atoms with Crippen molar-refractivity contribution >= 4 is 5.91 Å². The zero-order chi connectivity index (χ0) is 19.3. The lowest BCUT2D eigenvalue weighted by Gasteiger charge is -2.51. The summed E-state index contributed by atoms with van der Waals surface area (Å²) < 4.78 is 13.4. The van der Waals surface area contributed by atoms with Gasteiger partial charge in [0.05, 0.1) is 6.04 Å². The molecule has 4 saturated heterocycles. The number of nitrogens with one attached hydrogen (secondary N) is 1. The molecule has 1 aromatic carbocycles. The Hall–Kier alpha value is -2.28. The first kappa shape index (κ1) is 17.8. The van der Waals surface area contributed by atoms with E-state index in [1.807, 2.05) is 19.1 Å². The Balaban J connectivity index is 1.38. The summed E-state index contributed by atoms with van der Waals surface area (Å²) >= 11 is 0. The Morgan fingerprint density at radius 3 is 2.64 bits per heavy atom. The van der Waals surface area contributed by atoms with Gasteiger partial charge in [0, 0.05) is 31.3 Å². The van der Waals surface area contributed by atoms with E-state index in [9.17, 15) is 9.18 Å². The monoisotopic (exact) mass is 383 g/mol. The molecule has 0 unspecified atom stereocenters.